The quantitative estimate of drug-likeness (QED) is 0.867. The molecule has 1 aromatic carbocycles. The van der Waals surface area contributed by atoms with Gasteiger partial charge in [-0.05, 0) is 50.6 Å². The fraction of sp³-hybridized carbons (Fsp3) is 0.625. The molecule has 1 saturated heterocycles. The van der Waals surface area contributed by atoms with Crippen molar-refractivity contribution in [3.05, 3.63) is 24.3 Å². The molecule has 0 saturated carbocycles. The number of β-amino-alcohol motifs (C(OH)–C–C–N with tert-alkyl or cyclic N) is 1. The number of benzene rings is 1. The molecule has 1 aliphatic rings. The van der Waals surface area contributed by atoms with Gasteiger partial charge in [0.15, 0.2) is 0 Å². The minimum absolute atomic E-state index is 0.329. The van der Waals surface area contributed by atoms with E-state index in [-0.39, 0.29) is 0 Å². The molecular formula is C16H25NO3. The molecule has 1 aliphatic heterocycles. The van der Waals surface area contributed by atoms with E-state index in [0.29, 0.717) is 19.2 Å². The van der Waals surface area contributed by atoms with Gasteiger partial charge in [-0.2, -0.15) is 0 Å². The van der Waals surface area contributed by atoms with E-state index in [4.69, 9.17) is 9.47 Å². The molecule has 0 unspecified atom stereocenters. The van der Waals surface area contributed by atoms with Crippen LogP contribution in [0.1, 0.15) is 26.2 Å². The topological polar surface area (TPSA) is 41.9 Å². The van der Waals surface area contributed by atoms with E-state index >= 15 is 0 Å². The Balaban J connectivity index is 1.74. The Kier molecular flexibility index (Phi) is 5.68. The standard InChI is InChI=1S/C16H25NO3/c1-13-5-3-4-10-17(13)11-14(18)12-20-16-8-6-15(19-2)7-9-16/h6-9,13-14,18H,3-5,10-12H2,1-2H3/t13-,14-/m1/s1. The number of piperidine rings is 1. The van der Waals surface area contributed by atoms with Crippen LogP contribution in [-0.2, 0) is 0 Å². The number of hydrogen-bond acceptors (Lipinski definition) is 4. The van der Waals surface area contributed by atoms with Gasteiger partial charge in [0.05, 0.1) is 7.11 Å². The fourth-order valence-corrected chi connectivity index (χ4v) is 2.62. The lowest BCUT2D eigenvalue weighted by Gasteiger charge is -2.34. The first-order valence-electron chi connectivity index (χ1n) is 7.38. The van der Waals surface area contributed by atoms with Crippen molar-refractivity contribution in [2.75, 3.05) is 26.8 Å². The molecule has 20 heavy (non-hydrogen) atoms. The highest BCUT2D eigenvalue weighted by molar-refractivity contribution is 5.31. The van der Waals surface area contributed by atoms with E-state index in [9.17, 15) is 5.11 Å². The van der Waals surface area contributed by atoms with Gasteiger partial charge in [-0.25, -0.2) is 0 Å². The second-order valence-electron chi connectivity index (χ2n) is 5.48. The molecule has 4 nitrogen and oxygen atoms in total. The summed E-state index contributed by atoms with van der Waals surface area (Å²) >= 11 is 0. The van der Waals surface area contributed by atoms with E-state index in [1.165, 1.54) is 19.3 Å². The van der Waals surface area contributed by atoms with Gasteiger partial charge in [0.2, 0.25) is 0 Å². The molecule has 2 atom stereocenters. The lowest BCUT2D eigenvalue weighted by Crippen LogP contribution is -2.43. The molecule has 0 radical (unpaired) electrons. The minimum Gasteiger partial charge on any atom is -0.497 e. The maximum absolute atomic E-state index is 10.1. The number of likely N-dealkylation sites (tertiary alicyclic amines) is 1. The van der Waals surface area contributed by atoms with Gasteiger partial charge in [0.25, 0.3) is 0 Å². The van der Waals surface area contributed by atoms with E-state index < -0.39 is 6.10 Å². The summed E-state index contributed by atoms with van der Waals surface area (Å²) in [4.78, 5) is 2.35. The third-order valence-corrected chi connectivity index (χ3v) is 3.89. The smallest absolute Gasteiger partial charge is 0.119 e. The summed E-state index contributed by atoms with van der Waals surface area (Å²) in [6.45, 7) is 4.34. The Morgan fingerprint density at radius 3 is 2.60 bits per heavy atom. The minimum atomic E-state index is -0.447. The highest BCUT2D eigenvalue weighted by atomic mass is 16.5. The summed E-state index contributed by atoms with van der Waals surface area (Å²) in [5.41, 5.74) is 0. The highest BCUT2D eigenvalue weighted by Gasteiger charge is 2.20. The van der Waals surface area contributed by atoms with Crippen molar-refractivity contribution < 1.29 is 14.6 Å². The SMILES string of the molecule is COc1ccc(OC[C@H](O)CN2CCCC[C@H]2C)cc1. The van der Waals surface area contributed by atoms with Gasteiger partial charge in [-0.1, -0.05) is 6.42 Å². The third-order valence-electron chi connectivity index (χ3n) is 3.89. The van der Waals surface area contributed by atoms with Crippen LogP contribution in [0.15, 0.2) is 24.3 Å². The summed E-state index contributed by atoms with van der Waals surface area (Å²) in [5.74, 6) is 1.57. The number of hydrogen-bond donors (Lipinski definition) is 1. The van der Waals surface area contributed by atoms with Crippen molar-refractivity contribution in [2.45, 2.75) is 38.3 Å². The molecule has 0 bridgehead atoms. The van der Waals surface area contributed by atoms with Gasteiger partial charge >= 0.3 is 0 Å². The largest absolute Gasteiger partial charge is 0.497 e. The molecule has 0 aromatic heterocycles. The predicted octanol–water partition coefficient (Wildman–Crippen LogP) is 2.31. The summed E-state index contributed by atoms with van der Waals surface area (Å²) in [5, 5.41) is 10.1. The van der Waals surface area contributed by atoms with Crippen LogP contribution in [-0.4, -0.2) is 49.0 Å². The first kappa shape index (κ1) is 15.1. The molecule has 0 aliphatic carbocycles. The molecule has 1 heterocycles. The van der Waals surface area contributed by atoms with Gasteiger partial charge < -0.3 is 14.6 Å². The van der Waals surface area contributed by atoms with Crippen LogP contribution in [0.5, 0.6) is 11.5 Å². The number of methoxy groups -OCH3 is 1. The Morgan fingerprint density at radius 2 is 1.95 bits per heavy atom. The van der Waals surface area contributed by atoms with E-state index in [0.717, 1.165) is 18.0 Å². The number of ether oxygens (including phenoxy) is 2. The van der Waals surface area contributed by atoms with Gasteiger partial charge in [-0.3, -0.25) is 4.90 Å². The van der Waals surface area contributed by atoms with Crippen LogP contribution < -0.4 is 9.47 Å². The molecule has 2 rings (SSSR count). The van der Waals surface area contributed by atoms with E-state index in [2.05, 4.69) is 11.8 Å². The van der Waals surface area contributed by atoms with Crippen molar-refractivity contribution in [2.24, 2.45) is 0 Å². The van der Waals surface area contributed by atoms with Gasteiger partial charge in [0, 0.05) is 12.6 Å². The summed E-state index contributed by atoms with van der Waals surface area (Å²) in [7, 11) is 1.64. The average Bonchev–Trinajstić information content (AvgIpc) is 2.48. The Morgan fingerprint density at radius 1 is 1.25 bits per heavy atom. The summed E-state index contributed by atoms with van der Waals surface area (Å²) < 4.78 is 10.7. The molecule has 112 valence electrons. The molecule has 1 fully saturated rings. The highest BCUT2D eigenvalue weighted by Crippen LogP contribution is 2.18. The third kappa shape index (κ3) is 4.39. The van der Waals surface area contributed by atoms with Crippen LogP contribution >= 0.6 is 0 Å². The summed E-state index contributed by atoms with van der Waals surface area (Å²) in [6.07, 6.45) is 3.32. The van der Waals surface area contributed by atoms with Crippen LogP contribution in [0, 0.1) is 0 Å². The molecular weight excluding hydrogens is 254 g/mol. The van der Waals surface area contributed by atoms with Gasteiger partial charge in [-0.15, -0.1) is 0 Å². The molecule has 4 heteroatoms. The normalized spacial score (nSPS) is 21.4. The molecule has 1 N–H and O–H groups in total. The zero-order valence-corrected chi connectivity index (χ0v) is 12.4. The zero-order valence-electron chi connectivity index (χ0n) is 12.4. The Bertz CT molecular complexity index is 393. The molecule has 1 aromatic rings. The maximum atomic E-state index is 10.1. The maximum Gasteiger partial charge on any atom is 0.119 e. The number of aliphatic hydroxyl groups excluding tert-OH is 1. The lowest BCUT2D eigenvalue weighted by molar-refractivity contribution is 0.0438. The molecule has 0 amide bonds. The van der Waals surface area contributed by atoms with E-state index in [1.54, 1.807) is 7.11 Å². The zero-order chi connectivity index (χ0) is 14.4. The number of aliphatic hydroxyl groups is 1. The first-order chi connectivity index (χ1) is 9.69. The summed E-state index contributed by atoms with van der Waals surface area (Å²) in [6, 6.07) is 7.99. The second kappa shape index (κ2) is 7.50. The van der Waals surface area contributed by atoms with Crippen molar-refractivity contribution in [3.8, 4) is 11.5 Å². The average molecular weight is 279 g/mol. The van der Waals surface area contributed by atoms with Crippen molar-refractivity contribution >= 4 is 0 Å². The fourth-order valence-electron chi connectivity index (χ4n) is 2.62. The van der Waals surface area contributed by atoms with Crippen molar-refractivity contribution in [1.29, 1.82) is 0 Å². The van der Waals surface area contributed by atoms with E-state index in [1.807, 2.05) is 24.3 Å². The second-order valence-corrected chi connectivity index (χ2v) is 5.48. The van der Waals surface area contributed by atoms with Crippen molar-refractivity contribution in [1.82, 2.24) is 4.90 Å². The monoisotopic (exact) mass is 279 g/mol. The Hall–Kier alpha value is -1.26. The van der Waals surface area contributed by atoms with Gasteiger partial charge in [0.1, 0.15) is 24.2 Å². The lowest BCUT2D eigenvalue weighted by atomic mass is 10.0. The van der Waals surface area contributed by atoms with Crippen LogP contribution in [0.25, 0.3) is 0 Å². The van der Waals surface area contributed by atoms with Crippen LogP contribution in [0.3, 0.4) is 0 Å². The Labute approximate surface area is 121 Å². The number of nitrogens with zero attached hydrogens (tertiary/aromatic N) is 1. The predicted molar refractivity (Wildman–Crippen MR) is 79.4 cm³/mol. The number of rotatable bonds is 6. The molecule has 0 spiro atoms. The van der Waals surface area contributed by atoms with Crippen LogP contribution in [0.4, 0.5) is 0 Å². The first-order valence-corrected chi connectivity index (χ1v) is 7.38. The van der Waals surface area contributed by atoms with Crippen LogP contribution in [0.2, 0.25) is 0 Å². The van der Waals surface area contributed by atoms with Crippen molar-refractivity contribution in [3.63, 3.8) is 0 Å².